The number of rotatable bonds is 6. The van der Waals surface area contributed by atoms with Crippen LogP contribution in [0.2, 0.25) is 0 Å². The van der Waals surface area contributed by atoms with Crippen LogP contribution in [0.5, 0.6) is 0 Å². The van der Waals surface area contributed by atoms with Gasteiger partial charge in [0, 0.05) is 5.38 Å². The summed E-state index contributed by atoms with van der Waals surface area (Å²) in [5, 5.41) is 14.4. The van der Waals surface area contributed by atoms with Crippen molar-refractivity contribution in [3.8, 4) is 0 Å². The average molecular weight is 323 g/mol. The summed E-state index contributed by atoms with van der Waals surface area (Å²) in [4.78, 5) is 29.8. The second-order valence-corrected chi connectivity index (χ2v) is 4.18. The summed E-state index contributed by atoms with van der Waals surface area (Å²) in [6.07, 6.45) is -3.75. The first-order chi connectivity index (χ1) is 9.75. The van der Waals surface area contributed by atoms with Crippen LogP contribution in [-0.2, 0) is 14.4 Å². The molecule has 0 aliphatic rings. The van der Waals surface area contributed by atoms with Crippen molar-refractivity contribution in [3.63, 3.8) is 0 Å². The number of nitrogens with zero attached hydrogens (tertiary/aromatic N) is 2. The molecule has 0 saturated heterocycles. The first-order valence-corrected chi connectivity index (χ1v) is 6.02. The van der Waals surface area contributed by atoms with Gasteiger partial charge in [0.1, 0.15) is 12.3 Å². The van der Waals surface area contributed by atoms with Crippen LogP contribution >= 0.6 is 11.3 Å². The van der Waals surface area contributed by atoms with Crippen molar-refractivity contribution in [2.24, 2.45) is 5.16 Å². The molecule has 0 aliphatic heterocycles. The van der Waals surface area contributed by atoms with Crippen molar-refractivity contribution < 1.29 is 32.7 Å². The molecule has 0 saturated carbocycles. The molecule has 1 rings (SSSR count). The Kier molecular flexibility index (Phi) is 5.41. The minimum absolute atomic E-state index is 0.0570. The summed E-state index contributed by atoms with van der Waals surface area (Å²) in [7, 11) is 0. The maximum absolute atomic E-state index is 12.1. The van der Waals surface area contributed by atoms with Crippen LogP contribution < -0.4 is 5.32 Å². The van der Waals surface area contributed by atoms with E-state index < -0.39 is 28.9 Å². The van der Waals surface area contributed by atoms with Gasteiger partial charge in [0.2, 0.25) is 5.71 Å². The number of alkyl halides is 3. The molecule has 0 unspecified atom stereocenters. The number of carbonyl (C=O) groups is 2. The molecule has 0 bridgehead atoms. The molecule has 1 aromatic heterocycles. The number of amides is 1. The van der Waals surface area contributed by atoms with Gasteiger partial charge in [-0.3, -0.25) is 10.1 Å². The van der Waals surface area contributed by atoms with E-state index in [0.29, 0.717) is 11.3 Å². The first kappa shape index (κ1) is 16.6. The molecule has 0 aliphatic carbocycles. The summed E-state index contributed by atoms with van der Waals surface area (Å²) in [5.74, 6) is -3.70. The van der Waals surface area contributed by atoms with E-state index in [1.54, 1.807) is 0 Å². The Hall–Kier alpha value is -2.43. The van der Waals surface area contributed by atoms with E-state index in [-0.39, 0.29) is 12.3 Å². The van der Waals surface area contributed by atoms with Gasteiger partial charge in [-0.25, -0.2) is 9.78 Å². The lowest BCUT2D eigenvalue weighted by molar-refractivity contribution is -0.167. The maximum Gasteiger partial charge on any atom is 0.471 e. The molecule has 7 nitrogen and oxygen atoms in total. The summed E-state index contributed by atoms with van der Waals surface area (Å²) in [6.45, 7) is 3.27. The van der Waals surface area contributed by atoms with Gasteiger partial charge in [0.25, 0.3) is 0 Å². The molecule has 11 heteroatoms. The van der Waals surface area contributed by atoms with E-state index >= 15 is 0 Å². The predicted molar refractivity (Wildman–Crippen MR) is 67.1 cm³/mol. The number of thiazole rings is 1. The van der Waals surface area contributed by atoms with Crippen LogP contribution in [0.25, 0.3) is 0 Å². The van der Waals surface area contributed by atoms with E-state index in [2.05, 4.69) is 21.6 Å². The van der Waals surface area contributed by atoms with E-state index in [9.17, 15) is 22.8 Å². The van der Waals surface area contributed by atoms with Gasteiger partial charge in [-0.15, -0.1) is 11.3 Å². The zero-order valence-electron chi connectivity index (χ0n) is 10.2. The SMILES string of the molecule is C=CCO/N=C(\C(=O)O)c1csc(NC(=O)C(F)(F)F)n1. The molecule has 1 aromatic rings. The third-order valence-corrected chi connectivity index (χ3v) is 2.53. The van der Waals surface area contributed by atoms with Crippen molar-refractivity contribution in [2.45, 2.75) is 6.18 Å². The number of anilines is 1. The van der Waals surface area contributed by atoms with Crippen LogP contribution in [0.1, 0.15) is 5.69 Å². The second kappa shape index (κ2) is 6.83. The smallest absolute Gasteiger partial charge is 0.471 e. The molecule has 114 valence electrons. The van der Waals surface area contributed by atoms with Gasteiger partial charge in [-0.1, -0.05) is 17.8 Å². The van der Waals surface area contributed by atoms with Gasteiger partial charge < -0.3 is 9.94 Å². The third kappa shape index (κ3) is 4.87. The molecule has 0 radical (unpaired) electrons. The van der Waals surface area contributed by atoms with Crippen LogP contribution in [0, 0.1) is 0 Å². The Morgan fingerprint density at radius 2 is 2.24 bits per heavy atom. The van der Waals surface area contributed by atoms with E-state index in [1.165, 1.54) is 11.4 Å². The molecular formula is C10H8F3N3O4S. The van der Waals surface area contributed by atoms with Crippen molar-refractivity contribution >= 4 is 34.1 Å². The first-order valence-electron chi connectivity index (χ1n) is 5.14. The number of hydrogen-bond donors (Lipinski definition) is 2. The molecule has 0 atom stereocenters. The van der Waals surface area contributed by atoms with Crippen LogP contribution in [0.15, 0.2) is 23.2 Å². The Morgan fingerprint density at radius 1 is 1.57 bits per heavy atom. The Morgan fingerprint density at radius 3 is 2.76 bits per heavy atom. The Bertz CT molecular complexity index is 582. The largest absolute Gasteiger partial charge is 0.476 e. The van der Waals surface area contributed by atoms with Crippen LogP contribution in [0.3, 0.4) is 0 Å². The number of carboxylic acids is 1. The average Bonchev–Trinajstić information content (AvgIpc) is 2.81. The number of aromatic nitrogens is 1. The van der Waals surface area contributed by atoms with Crippen molar-refractivity contribution in [2.75, 3.05) is 11.9 Å². The summed E-state index contributed by atoms with van der Waals surface area (Å²) in [6, 6.07) is 0. The van der Waals surface area contributed by atoms with Gasteiger partial charge in [0.05, 0.1) is 0 Å². The number of aliphatic carboxylic acids is 1. The Labute approximate surface area is 119 Å². The van der Waals surface area contributed by atoms with Gasteiger partial charge in [-0.05, 0) is 0 Å². The number of nitrogens with one attached hydrogen (secondary N) is 1. The molecule has 21 heavy (non-hydrogen) atoms. The van der Waals surface area contributed by atoms with Gasteiger partial charge >= 0.3 is 18.1 Å². The van der Waals surface area contributed by atoms with Crippen LogP contribution in [0.4, 0.5) is 18.3 Å². The highest BCUT2D eigenvalue weighted by molar-refractivity contribution is 7.14. The molecule has 0 aromatic carbocycles. The standard InChI is InChI=1S/C10H8F3N3O4S/c1-2-3-20-16-6(7(17)18)5-4-21-9(14-5)15-8(19)10(11,12)13/h2,4H,1,3H2,(H,17,18)(H,14,15,19)/b16-6-. The fourth-order valence-corrected chi connectivity index (χ4v) is 1.65. The maximum atomic E-state index is 12.1. The summed E-state index contributed by atoms with van der Waals surface area (Å²) < 4.78 is 36.2. The van der Waals surface area contributed by atoms with Gasteiger partial charge in [-0.2, -0.15) is 13.2 Å². The number of carboxylic acid groups (broad SMARTS) is 1. The topological polar surface area (TPSA) is 101 Å². The highest BCUT2D eigenvalue weighted by Gasteiger charge is 2.39. The van der Waals surface area contributed by atoms with Crippen molar-refractivity contribution in [1.29, 1.82) is 0 Å². The lowest BCUT2D eigenvalue weighted by Crippen LogP contribution is -2.29. The normalized spacial score (nSPS) is 11.9. The van der Waals surface area contributed by atoms with E-state index in [1.807, 2.05) is 0 Å². The monoisotopic (exact) mass is 323 g/mol. The molecule has 1 amide bonds. The van der Waals surface area contributed by atoms with E-state index in [4.69, 9.17) is 5.11 Å². The lowest BCUT2D eigenvalue weighted by atomic mass is 10.3. The predicted octanol–water partition coefficient (Wildman–Crippen LogP) is 1.64. The molecule has 2 N–H and O–H groups in total. The zero-order valence-corrected chi connectivity index (χ0v) is 11.0. The number of carbonyl (C=O) groups excluding carboxylic acids is 1. The fraction of sp³-hybridized carbons (Fsp3) is 0.200. The second-order valence-electron chi connectivity index (χ2n) is 3.32. The quantitative estimate of drug-likeness (QED) is 0.359. The number of halogens is 3. The highest BCUT2D eigenvalue weighted by atomic mass is 32.1. The highest BCUT2D eigenvalue weighted by Crippen LogP contribution is 2.21. The molecule has 0 spiro atoms. The van der Waals surface area contributed by atoms with E-state index in [0.717, 1.165) is 5.38 Å². The Balaban J connectivity index is 2.89. The number of hydrogen-bond acceptors (Lipinski definition) is 6. The molecule has 0 fully saturated rings. The molecule has 1 heterocycles. The minimum atomic E-state index is -5.07. The van der Waals surface area contributed by atoms with Gasteiger partial charge in [0.15, 0.2) is 5.13 Å². The van der Waals surface area contributed by atoms with Crippen molar-refractivity contribution in [3.05, 3.63) is 23.7 Å². The number of oxime groups is 1. The molecular weight excluding hydrogens is 315 g/mol. The third-order valence-electron chi connectivity index (χ3n) is 1.78. The fourth-order valence-electron chi connectivity index (χ4n) is 0.958. The summed E-state index contributed by atoms with van der Waals surface area (Å²) in [5.41, 5.74) is -0.852. The lowest BCUT2D eigenvalue weighted by Gasteiger charge is -2.04. The van der Waals surface area contributed by atoms with Crippen LogP contribution in [-0.4, -0.2) is 40.5 Å². The summed E-state index contributed by atoms with van der Waals surface area (Å²) >= 11 is 0.616. The van der Waals surface area contributed by atoms with Crippen molar-refractivity contribution in [1.82, 2.24) is 4.98 Å². The minimum Gasteiger partial charge on any atom is -0.476 e. The zero-order chi connectivity index (χ0) is 16.0.